The molecule has 2 aliphatic rings. The predicted octanol–water partition coefficient (Wildman–Crippen LogP) is 6.74. The normalized spacial score (nSPS) is 12.4. The second kappa shape index (κ2) is 17.3. The molecular weight excluding hydrogens is 794 g/mol. The zero-order valence-electron chi connectivity index (χ0n) is 30.2. The fraction of sp³-hybridized carbons (Fsp3) is 0.200. The van der Waals surface area contributed by atoms with E-state index in [4.69, 9.17) is 37.8 Å². The molecule has 3 aromatic heterocycles. The van der Waals surface area contributed by atoms with E-state index >= 15 is 0 Å². The number of hydrogen-bond donors (Lipinski definition) is 0. The van der Waals surface area contributed by atoms with Gasteiger partial charge in [0.05, 0.1) is 61.7 Å². The van der Waals surface area contributed by atoms with Crippen molar-refractivity contribution in [2.75, 3.05) is 38.9 Å². The van der Waals surface area contributed by atoms with Gasteiger partial charge < -0.3 is 19.4 Å². The van der Waals surface area contributed by atoms with Crippen molar-refractivity contribution in [3.05, 3.63) is 108 Å². The molecule has 2 aliphatic heterocycles. The van der Waals surface area contributed by atoms with E-state index in [9.17, 15) is 16.8 Å². The minimum absolute atomic E-state index is 0. The van der Waals surface area contributed by atoms with Crippen LogP contribution in [-0.4, -0.2) is 65.7 Å². The molecule has 2 aromatic carbocycles. The van der Waals surface area contributed by atoms with Gasteiger partial charge in [0, 0.05) is 12.8 Å². The third-order valence-corrected chi connectivity index (χ3v) is 9.41. The van der Waals surface area contributed by atoms with Gasteiger partial charge in [-0.1, -0.05) is 60.7 Å². The van der Waals surface area contributed by atoms with E-state index in [0.29, 0.717) is 24.3 Å². The fourth-order valence-corrected chi connectivity index (χ4v) is 6.79. The van der Waals surface area contributed by atoms with E-state index in [1.807, 2.05) is 109 Å². The number of benzene rings is 2. The molecule has 278 valence electrons. The van der Waals surface area contributed by atoms with Crippen molar-refractivity contribution in [2.45, 2.75) is 12.8 Å². The molecule has 0 unspecified atom stereocenters. The van der Waals surface area contributed by atoms with E-state index in [-0.39, 0.29) is 45.9 Å². The summed E-state index contributed by atoms with van der Waals surface area (Å²) >= 11 is 0. The minimum Gasteiger partial charge on any atom is -0.657 e. The maximum absolute atomic E-state index is 11.3. The van der Waals surface area contributed by atoms with Crippen molar-refractivity contribution in [1.82, 2.24) is 19.9 Å². The summed E-state index contributed by atoms with van der Waals surface area (Å²) in [6.45, 7) is 0.640. The molecule has 8 bridgehead atoms. The smallest absolute Gasteiger partial charge is 0.657 e. The van der Waals surface area contributed by atoms with Gasteiger partial charge in [0.2, 0.25) is 0 Å². The molecule has 0 amide bonds. The van der Waals surface area contributed by atoms with Crippen LogP contribution in [0.15, 0.2) is 84.9 Å². The molecule has 0 atom stereocenters. The van der Waals surface area contributed by atoms with E-state index in [2.05, 4.69) is 0 Å². The van der Waals surface area contributed by atoms with Gasteiger partial charge in [-0.15, -0.1) is 22.1 Å². The second-order valence-electron chi connectivity index (χ2n) is 12.6. The first-order chi connectivity index (χ1) is 26.0. The fourth-order valence-electron chi connectivity index (χ4n) is 5.95. The van der Waals surface area contributed by atoms with Gasteiger partial charge in [-0.25, -0.2) is 9.97 Å². The van der Waals surface area contributed by atoms with Gasteiger partial charge >= 0.3 is 19.5 Å². The number of fused-ring (bicyclic) bond motifs is 8. The number of ether oxygens (including phenoxy) is 2. The monoisotopic (exact) mass is 828 g/mol. The molecule has 0 radical (unpaired) electrons. The van der Waals surface area contributed by atoms with Crippen molar-refractivity contribution >= 4 is 66.6 Å². The van der Waals surface area contributed by atoms with E-state index in [0.717, 1.165) is 79.6 Å². The van der Waals surface area contributed by atoms with Crippen molar-refractivity contribution < 1.29 is 54.2 Å². The quantitative estimate of drug-likeness (QED) is 0.0647. The second-order valence-corrected chi connectivity index (χ2v) is 15.9. The van der Waals surface area contributed by atoms with Crippen LogP contribution < -0.4 is 19.4 Å². The summed E-state index contributed by atoms with van der Waals surface area (Å²) < 4.78 is 66.7. The summed E-state index contributed by atoms with van der Waals surface area (Å²) in [6.07, 6.45) is 10.7. The Labute approximate surface area is 332 Å². The molecule has 0 saturated carbocycles. The van der Waals surface area contributed by atoms with Crippen LogP contribution >= 0.6 is 0 Å². The maximum Gasteiger partial charge on any atom is 2.00 e. The van der Waals surface area contributed by atoms with Crippen LogP contribution in [0.3, 0.4) is 0 Å². The van der Waals surface area contributed by atoms with Crippen LogP contribution in [0.1, 0.15) is 35.6 Å². The molecule has 12 nitrogen and oxygen atoms in total. The van der Waals surface area contributed by atoms with E-state index in [1.165, 1.54) is 0 Å². The maximum atomic E-state index is 11.3. The van der Waals surface area contributed by atoms with Crippen molar-refractivity contribution in [1.29, 1.82) is 0 Å². The molecule has 15 heteroatoms. The van der Waals surface area contributed by atoms with Crippen LogP contribution in [-0.2, 0) is 48.1 Å². The van der Waals surface area contributed by atoms with Crippen LogP contribution in [0.2, 0.25) is 0 Å². The van der Waals surface area contributed by atoms with Gasteiger partial charge in [0.1, 0.15) is 11.5 Å². The van der Waals surface area contributed by atoms with E-state index in [1.54, 1.807) is 0 Å². The van der Waals surface area contributed by atoms with Crippen LogP contribution in [0, 0.1) is 0 Å². The summed E-state index contributed by atoms with van der Waals surface area (Å²) in [5, 5.41) is 0. The van der Waals surface area contributed by atoms with Gasteiger partial charge in [0.15, 0.2) is 0 Å². The first-order valence-corrected chi connectivity index (χ1v) is 20.7. The van der Waals surface area contributed by atoms with Crippen molar-refractivity contribution in [3.8, 4) is 33.8 Å². The summed E-state index contributed by atoms with van der Waals surface area (Å²) in [5.41, 5.74) is 9.14. The molecule has 5 heterocycles. The SMILES string of the molecule is CS(=O)(=O)OCCCOc1cccc(-c2c3nc(cc4ccc([n-]4)c(-c4cccc(OCCCOS(C)(=O)=O)c4)c4nc(cc5ccc2[n-]5)C=C4)C=C3)c1.[Zn+2]. The largest absolute Gasteiger partial charge is 2.00 e. The predicted molar refractivity (Wildman–Crippen MR) is 209 cm³/mol. The molecule has 0 fully saturated rings. The molecule has 0 spiro atoms. The summed E-state index contributed by atoms with van der Waals surface area (Å²) in [5.74, 6) is 1.24. The zero-order chi connectivity index (χ0) is 37.7. The standard InChI is InChI=1S/C40H36N4O8S2.Zn/c1-53(45,46)51-21-5-19-49-33-9-3-7-27(23-33)39-35-15-11-29(41-35)25-31-13-17-37(43-31)40(38-18-14-32(44-38)26-30-12-16-36(39)42-30)28-8-4-10-34(24-28)50-20-6-22-52-54(2,47)48;/h3-4,7-18,23-26H,5-6,19-22H2,1-2H3;/q-2;+2. The van der Waals surface area contributed by atoms with Gasteiger partial charge in [-0.2, -0.15) is 16.8 Å². The van der Waals surface area contributed by atoms with Crippen LogP contribution in [0.4, 0.5) is 0 Å². The number of nitrogens with zero attached hydrogens (tertiary/aromatic N) is 4. The number of rotatable bonds is 14. The van der Waals surface area contributed by atoms with Crippen LogP contribution in [0.25, 0.3) is 68.6 Å². The van der Waals surface area contributed by atoms with Crippen molar-refractivity contribution in [2.24, 2.45) is 0 Å². The number of aromatic nitrogens is 4. The Bertz CT molecular complexity index is 2470. The van der Waals surface area contributed by atoms with Crippen molar-refractivity contribution in [3.63, 3.8) is 0 Å². The Morgan fingerprint density at radius 2 is 0.982 bits per heavy atom. The summed E-state index contributed by atoms with van der Waals surface area (Å²) in [4.78, 5) is 19.9. The minimum atomic E-state index is -3.51. The van der Waals surface area contributed by atoms with Gasteiger partial charge in [-0.05, 0) is 70.8 Å². The molecule has 5 aromatic rings. The Morgan fingerprint density at radius 3 is 1.40 bits per heavy atom. The first kappa shape index (κ1) is 39.8. The Morgan fingerprint density at radius 1 is 0.545 bits per heavy atom. The summed E-state index contributed by atoms with van der Waals surface area (Å²) in [6, 6.07) is 26.9. The van der Waals surface area contributed by atoms with Crippen LogP contribution in [0.5, 0.6) is 11.5 Å². The Kier molecular flexibility index (Phi) is 12.5. The Hall–Kier alpha value is -4.92. The first-order valence-electron chi connectivity index (χ1n) is 17.1. The number of hydrogen-bond acceptors (Lipinski definition) is 10. The average Bonchev–Trinajstić information content (AvgIpc) is 3.95. The topological polar surface area (TPSA) is 159 Å². The zero-order valence-corrected chi connectivity index (χ0v) is 34.8. The average molecular weight is 830 g/mol. The van der Waals surface area contributed by atoms with Gasteiger partial charge in [-0.3, -0.25) is 8.37 Å². The van der Waals surface area contributed by atoms with Gasteiger partial charge in [0.25, 0.3) is 20.2 Å². The molecule has 0 N–H and O–H groups in total. The molecule has 7 rings (SSSR count). The third-order valence-electron chi connectivity index (χ3n) is 8.22. The third kappa shape index (κ3) is 10.6. The molecular formula is C40H36N4O8S2Zn. The molecule has 55 heavy (non-hydrogen) atoms. The van der Waals surface area contributed by atoms with E-state index < -0.39 is 20.2 Å². The summed E-state index contributed by atoms with van der Waals surface area (Å²) in [7, 11) is -7.01. The molecule has 0 saturated heterocycles. The molecule has 0 aliphatic carbocycles. The Balaban J connectivity index is 0.00000514.